The van der Waals surface area contributed by atoms with Crippen LogP contribution in [0.5, 0.6) is 11.5 Å². The van der Waals surface area contributed by atoms with Gasteiger partial charge in [-0.05, 0) is 49.9 Å². The standard InChI is InChI=1S/C14H15FN2O3S/c1-9-7-10(3-5-12(9)15)20-14-8-11(4-6-13(14)16)21(18,19)17-2/h3-8,17H,16H2,1-2H3. The first-order chi connectivity index (χ1) is 9.83. The minimum absolute atomic E-state index is 0.0352. The van der Waals surface area contributed by atoms with Gasteiger partial charge in [0.2, 0.25) is 10.0 Å². The maximum atomic E-state index is 13.2. The molecule has 0 fully saturated rings. The van der Waals surface area contributed by atoms with Crippen molar-refractivity contribution in [1.82, 2.24) is 4.72 Å². The van der Waals surface area contributed by atoms with Crippen molar-refractivity contribution >= 4 is 15.7 Å². The molecule has 0 aliphatic rings. The van der Waals surface area contributed by atoms with Gasteiger partial charge in [0.15, 0.2) is 5.75 Å². The maximum Gasteiger partial charge on any atom is 0.240 e. The number of nitrogens with one attached hydrogen (secondary N) is 1. The van der Waals surface area contributed by atoms with E-state index in [-0.39, 0.29) is 22.1 Å². The fourth-order valence-electron chi connectivity index (χ4n) is 1.70. The zero-order chi connectivity index (χ0) is 15.6. The number of nitrogen functional groups attached to an aromatic ring is 1. The van der Waals surface area contributed by atoms with Gasteiger partial charge in [0, 0.05) is 6.07 Å². The fourth-order valence-corrected chi connectivity index (χ4v) is 2.44. The molecule has 0 saturated heterocycles. The van der Waals surface area contributed by atoms with Crippen molar-refractivity contribution in [3.8, 4) is 11.5 Å². The molecule has 0 spiro atoms. The van der Waals surface area contributed by atoms with Crippen molar-refractivity contribution < 1.29 is 17.5 Å². The number of aryl methyl sites for hydroxylation is 1. The molecule has 2 aromatic carbocycles. The molecule has 0 heterocycles. The van der Waals surface area contributed by atoms with Gasteiger partial charge in [-0.3, -0.25) is 0 Å². The third-order valence-corrected chi connectivity index (χ3v) is 4.33. The van der Waals surface area contributed by atoms with E-state index in [1.54, 1.807) is 6.92 Å². The monoisotopic (exact) mass is 310 g/mol. The number of sulfonamides is 1. The minimum atomic E-state index is -3.59. The summed E-state index contributed by atoms with van der Waals surface area (Å²) in [6.45, 7) is 1.60. The average molecular weight is 310 g/mol. The first-order valence-corrected chi connectivity index (χ1v) is 7.59. The molecular formula is C14H15FN2O3S. The first kappa shape index (κ1) is 15.3. The molecule has 0 aromatic heterocycles. The summed E-state index contributed by atoms with van der Waals surface area (Å²) in [5.41, 5.74) is 6.48. The summed E-state index contributed by atoms with van der Waals surface area (Å²) in [5.74, 6) is 0.221. The smallest absolute Gasteiger partial charge is 0.240 e. The molecule has 5 nitrogen and oxygen atoms in total. The highest BCUT2D eigenvalue weighted by Crippen LogP contribution is 2.30. The molecule has 0 unspecified atom stereocenters. The van der Waals surface area contributed by atoms with E-state index in [9.17, 15) is 12.8 Å². The first-order valence-electron chi connectivity index (χ1n) is 6.10. The molecule has 0 aliphatic heterocycles. The van der Waals surface area contributed by atoms with Gasteiger partial charge in [0.05, 0.1) is 10.6 Å². The number of hydrogen-bond acceptors (Lipinski definition) is 4. The van der Waals surface area contributed by atoms with Gasteiger partial charge in [-0.15, -0.1) is 0 Å². The van der Waals surface area contributed by atoms with E-state index in [4.69, 9.17) is 10.5 Å². The van der Waals surface area contributed by atoms with Crippen molar-refractivity contribution in [2.45, 2.75) is 11.8 Å². The molecule has 3 N–H and O–H groups in total. The van der Waals surface area contributed by atoms with E-state index in [0.717, 1.165) is 0 Å². The highest BCUT2D eigenvalue weighted by Gasteiger charge is 2.14. The molecule has 21 heavy (non-hydrogen) atoms. The highest BCUT2D eigenvalue weighted by atomic mass is 32.2. The predicted octanol–water partition coefficient (Wildman–Crippen LogP) is 2.42. The Balaban J connectivity index is 2.39. The number of benzene rings is 2. The Bertz CT molecular complexity index is 776. The molecule has 7 heteroatoms. The Kier molecular flexibility index (Phi) is 4.15. The maximum absolute atomic E-state index is 13.2. The third kappa shape index (κ3) is 3.32. The number of anilines is 1. The van der Waals surface area contributed by atoms with Crippen LogP contribution in [0, 0.1) is 12.7 Å². The number of hydrogen-bond donors (Lipinski definition) is 2. The largest absolute Gasteiger partial charge is 0.455 e. The minimum Gasteiger partial charge on any atom is -0.455 e. The molecule has 2 aromatic rings. The fraction of sp³-hybridized carbons (Fsp3) is 0.143. The van der Waals surface area contributed by atoms with Gasteiger partial charge in [0.1, 0.15) is 11.6 Å². The van der Waals surface area contributed by atoms with Crippen LogP contribution in [0.3, 0.4) is 0 Å². The molecule has 112 valence electrons. The van der Waals surface area contributed by atoms with E-state index in [2.05, 4.69) is 4.72 Å². The normalized spacial score (nSPS) is 11.4. The molecule has 0 radical (unpaired) electrons. The Labute approximate surface area is 122 Å². The van der Waals surface area contributed by atoms with E-state index < -0.39 is 10.0 Å². The Morgan fingerprint density at radius 1 is 1.19 bits per heavy atom. The second kappa shape index (κ2) is 5.71. The van der Waals surface area contributed by atoms with Crippen LogP contribution in [0.15, 0.2) is 41.3 Å². The Hall–Kier alpha value is -2.12. The third-order valence-electron chi connectivity index (χ3n) is 2.92. The number of nitrogens with two attached hydrogens (primary N) is 1. The van der Waals surface area contributed by atoms with E-state index in [1.165, 1.54) is 43.4 Å². The molecule has 0 amide bonds. The quantitative estimate of drug-likeness (QED) is 0.850. The zero-order valence-electron chi connectivity index (χ0n) is 11.6. The predicted molar refractivity (Wildman–Crippen MR) is 78.3 cm³/mol. The van der Waals surface area contributed by atoms with Crippen molar-refractivity contribution in [2.24, 2.45) is 0 Å². The second-order valence-corrected chi connectivity index (χ2v) is 6.31. The molecule has 2 rings (SSSR count). The number of rotatable bonds is 4. The number of ether oxygens (including phenoxy) is 1. The van der Waals surface area contributed by atoms with Gasteiger partial charge in [-0.1, -0.05) is 0 Å². The van der Waals surface area contributed by atoms with Gasteiger partial charge in [0.25, 0.3) is 0 Å². The summed E-state index contributed by atoms with van der Waals surface area (Å²) in [6.07, 6.45) is 0. The lowest BCUT2D eigenvalue weighted by Gasteiger charge is -2.11. The lowest BCUT2D eigenvalue weighted by atomic mass is 10.2. The molecule has 0 saturated carbocycles. The Morgan fingerprint density at radius 3 is 2.52 bits per heavy atom. The van der Waals surface area contributed by atoms with Gasteiger partial charge < -0.3 is 10.5 Å². The summed E-state index contributed by atoms with van der Waals surface area (Å²) < 4.78 is 44.5. The summed E-state index contributed by atoms with van der Waals surface area (Å²) in [5, 5.41) is 0. The highest BCUT2D eigenvalue weighted by molar-refractivity contribution is 7.89. The van der Waals surface area contributed by atoms with Crippen LogP contribution in [-0.2, 0) is 10.0 Å². The van der Waals surface area contributed by atoms with E-state index in [0.29, 0.717) is 11.3 Å². The summed E-state index contributed by atoms with van der Waals surface area (Å²) >= 11 is 0. The molecule has 0 bridgehead atoms. The van der Waals surface area contributed by atoms with Gasteiger partial charge >= 0.3 is 0 Å². The second-order valence-electron chi connectivity index (χ2n) is 4.42. The summed E-state index contributed by atoms with van der Waals surface area (Å²) in [6, 6.07) is 8.36. The average Bonchev–Trinajstić information content (AvgIpc) is 2.45. The lowest BCUT2D eigenvalue weighted by Crippen LogP contribution is -2.18. The van der Waals surface area contributed by atoms with Crippen molar-refractivity contribution in [3.63, 3.8) is 0 Å². The van der Waals surface area contributed by atoms with Crippen LogP contribution in [-0.4, -0.2) is 15.5 Å². The SMILES string of the molecule is CNS(=O)(=O)c1ccc(N)c(Oc2ccc(F)c(C)c2)c1. The van der Waals surface area contributed by atoms with Crippen LogP contribution in [0.1, 0.15) is 5.56 Å². The van der Waals surface area contributed by atoms with Crippen LogP contribution < -0.4 is 15.2 Å². The van der Waals surface area contributed by atoms with Crippen LogP contribution >= 0.6 is 0 Å². The zero-order valence-corrected chi connectivity index (χ0v) is 12.4. The van der Waals surface area contributed by atoms with Crippen molar-refractivity contribution in [3.05, 3.63) is 47.8 Å². The van der Waals surface area contributed by atoms with Gasteiger partial charge in [-0.2, -0.15) is 0 Å². The van der Waals surface area contributed by atoms with Crippen molar-refractivity contribution in [2.75, 3.05) is 12.8 Å². The summed E-state index contributed by atoms with van der Waals surface area (Å²) in [7, 11) is -2.28. The van der Waals surface area contributed by atoms with E-state index >= 15 is 0 Å². The molecule has 0 atom stereocenters. The summed E-state index contributed by atoms with van der Waals surface area (Å²) in [4.78, 5) is 0.0352. The lowest BCUT2D eigenvalue weighted by molar-refractivity contribution is 0.480. The van der Waals surface area contributed by atoms with Crippen LogP contribution in [0.25, 0.3) is 0 Å². The Morgan fingerprint density at radius 2 is 1.90 bits per heavy atom. The van der Waals surface area contributed by atoms with Gasteiger partial charge in [-0.25, -0.2) is 17.5 Å². The van der Waals surface area contributed by atoms with E-state index in [1.807, 2.05) is 0 Å². The molecular weight excluding hydrogens is 295 g/mol. The van der Waals surface area contributed by atoms with Crippen molar-refractivity contribution in [1.29, 1.82) is 0 Å². The van der Waals surface area contributed by atoms with Crippen LogP contribution in [0.4, 0.5) is 10.1 Å². The topological polar surface area (TPSA) is 81.4 Å². The molecule has 0 aliphatic carbocycles. The number of halogens is 1. The van der Waals surface area contributed by atoms with Crippen LogP contribution in [0.2, 0.25) is 0 Å².